The molecule has 1 atom stereocenters. The van der Waals surface area contributed by atoms with Gasteiger partial charge in [0.05, 0.1) is 17.7 Å². The molecule has 146 valence electrons. The Bertz CT molecular complexity index is 788. The van der Waals surface area contributed by atoms with Crippen molar-refractivity contribution in [2.24, 2.45) is 10.9 Å². The Morgan fingerprint density at radius 2 is 2.26 bits per heavy atom. The molecule has 0 spiro atoms. The van der Waals surface area contributed by atoms with Crippen molar-refractivity contribution in [1.29, 1.82) is 0 Å². The van der Waals surface area contributed by atoms with Gasteiger partial charge in [-0.05, 0) is 50.3 Å². The number of aryl methyl sites for hydroxylation is 1. The smallest absolute Gasteiger partial charge is 0.191 e. The van der Waals surface area contributed by atoms with E-state index in [0.29, 0.717) is 24.2 Å². The maximum atomic E-state index is 14.3. The van der Waals surface area contributed by atoms with Gasteiger partial charge in [-0.25, -0.2) is 9.37 Å². The average molecular weight is 391 g/mol. The van der Waals surface area contributed by atoms with Crippen molar-refractivity contribution in [1.82, 2.24) is 15.6 Å². The van der Waals surface area contributed by atoms with Crippen LogP contribution in [0.1, 0.15) is 41.3 Å². The van der Waals surface area contributed by atoms with Gasteiger partial charge in [0.15, 0.2) is 17.5 Å². The van der Waals surface area contributed by atoms with E-state index in [4.69, 9.17) is 4.74 Å². The monoisotopic (exact) mass is 390 g/mol. The second-order valence-electron chi connectivity index (χ2n) is 6.92. The summed E-state index contributed by atoms with van der Waals surface area (Å²) in [4.78, 5) is 9.82. The van der Waals surface area contributed by atoms with E-state index in [2.05, 4.69) is 27.5 Å². The van der Waals surface area contributed by atoms with Crippen LogP contribution in [0, 0.1) is 18.7 Å². The molecular formula is C20H27FN4OS. The Hall–Kier alpha value is -2.15. The lowest BCUT2D eigenvalue weighted by molar-refractivity contribution is 0.285. The number of aromatic nitrogens is 1. The van der Waals surface area contributed by atoms with Crippen molar-refractivity contribution in [3.8, 4) is 5.75 Å². The highest BCUT2D eigenvalue weighted by Gasteiger charge is 2.22. The molecule has 3 rings (SSSR count). The Morgan fingerprint density at radius 3 is 2.89 bits per heavy atom. The van der Waals surface area contributed by atoms with E-state index in [1.54, 1.807) is 24.5 Å². The molecule has 1 aromatic heterocycles. The van der Waals surface area contributed by atoms with Crippen molar-refractivity contribution < 1.29 is 9.13 Å². The van der Waals surface area contributed by atoms with Crippen LogP contribution in [0.2, 0.25) is 0 Å². The Labute approximate surface area is 164 Å². The first kappa shape index (κ1) is 19.6. The van der Waals surface area contributed by atoms with E-state index in [1.165, 1.54) is 23.8 Å². The number of nitrogens with one attached hydrogen (secondary N) is 2. The minimum absolute atomic E-state index is 0.0784. The first-order valence-electron chi connectivity index (χ1n) is 9.36. The number of ether oxygens (including phenoxy) is 1. The second kappa shape index (κ2) is 9.17. The molecule has 0 aliphatic heterocycles. The molecule has 1 fully saturated rings. The average Bonchev–Trinajstić information content (AvgIpc) is 3.40. The van der Waals surface area contributed by atoms with Gasteiger partial charge in [-0.1, -0.05) is 6.07 Å². The third-order valence-electron chi connectivity index (χ3n) is 4.50. The number of hydrogen-bond acceptors (Lipinski definition) is 4. The molecule has 2 N–H and O–H groups in total. The summed E-state index contributed by atoms with van der Waals surface area (Å²) in [5.74, 6) is 1.31. The predicted octanol–water partition coefficient (Wildman–Crippen LogP) is 3.85. The van der Waals surface area contributed by atoms with Gasteiger partial charge < -0.3 is 15.4 Å². The van der Waals surface area contributed by atoms with Gasteiger partial charge in [0.25, 0.3) is 0 Å². The number of benzene rings is 1. The summed E-state index contributed by atoms with van der Waals surface area (Å²) < 4.78 is 19.8. The normalized spacial score (nSPS) is 15.5. The Kier molecular flexibility index (Phi) is 6.66. The molecule has 27 heavy (non-hydrogen) atoms. The third-order valence-corrected chi connectivity index (χ3v) is 5.48. The first-order chi connectivity index (χ1) is 13.0. The van der Waals surface area contributed by atoms with Gasteiger partial charge in [0.1, 0.15) is 0 Å². The van der Waals surface area contributed by atoms with Gasteiger partial charge in [-0.15, -0.1) is 11.3 Å². The summed E-state index contributed by atoms with van der Waals surface area (Å²) >= 11 is 1.71. The molecule has 7 heteroatoms. The molecule has 0 amide bonds. The lowest BCUT2D eigenvalue weighted by atomic mass is 10.1. The highest BCUT2D eigenvalue weighted by Crippen LogP contribution is 2.30. The highest BCUT2D eigenvalue weighted by atomic mass is 32.1. The molecule has 1 heterocycles. The van der Waals surface area contributed by atoms with Gasteiger partial charge in [-0.2, -0.15) is 0 Å². The third kappa shape index (κ3) is 5.92. The highest BCUT2D eigenvalue weighted by molar-refractivity contribution is 7.11. The van der Waals surface area contributed by atoms with E-state index in [0.717, 1.165) is 23.5 Å². The molecule has 0 radical (unpaired) electrons. The molecule has 1 aliphatic rings. The molecular weight excluding hydrogens is 363 g/mol. The number of nitrogens with zero attached hydrogens (tertiary/aromatic N) is 2. The summed E-state index contributed by atoms with van der Waals surface area (Å²) in [7, 11) is 1.73. The zero-order chi connectivity index (χ0) is 19.2. The minimum atomic E-state index is -0.316. The van der Waals surface area contributed by atoms with Crippen molar-refractivity contribution in [2.45, 2.75) is 39.2 Å². The fraction of sp³-hybridized carbons (Fsp3) is 0.500. The second-order valence-corrected chi connectivity index (χ2v) is 8.24. The fourth-order valence-electron chi connectivity index (χ4n) is 2.68. The van der Waals surface area contributed by atoms with Crippen LogP contribution in [0.15, 0.2) is 29.4 Å². The van der Waals surface area contributed by atoms with E-state index in [9.17, 15) is 4.39 Å². The molecule has 0 saturated heterocycles. The summed E-state index contributed by atoms with van der Waals surface area (Å²) in [6, 6.07) is 5.07. The van der Waals surface area contributed by atoms with E-state index < -0.39 is 0 Å². The molecule has 1 unspecified atom stereocenters. The van der Waals surface area contributed by atoms with Gasteiger partial charge in [0, 0.05) is 31.1 Å². The standard InChI is InChI=1S/C20H27FN4OS/c1-13-11-24-19(27-13)8-9-23-20(22-3)25-14(2)16-6-7-18(17(21)10-16)26-12-15-4-5-15/h6-7,10-11,14-15H,4-5,8-9,12H2,1-3H3,(H2,22,23,25). The lowest BCUT2D eigenvalue weighted by Crippen LogP contribution is -2.39. The van der Waals surface area contributed by atoms with Crippen LogP contribution in [-0.4, -0.2) is 31.1 Å². The van der Waals surface area contributed by atoms with E-state index >= 15 is 0 Å². The number of hydrogen-bond donors (Lipinski definition) is 2. The summed E-state index contributed by atoms with van der Waals surface area (Å²) in [5, 5.41) is 7.68. The molecule has 2 aromatic rings. The first-order valence-corrected chi connectivity index (χ1v) is 10.2. The number of thiazole rings is 1. The number of guanidine groups is 1. The predicted molar refractivity (Wildman–Crippen MR) is 108 cm³/mol. The Balaban J connectivity index is 1.49. The molecule has 1 aromatic carbocycles. The fourth-order valence-corrected chi connectivity index (χ4v) is 3.47. The van der Waals surface area contributed by atoms with Gasteiger partial charge >= 0.3 is 0 Å². The lowest BCUT2D eigenvalue weighted by Gasteiger charge is -2.19. The SMILES string of the molecule is CN=C(NCCc1ncc(C)s1)NC(C)c1ccc(OCC2CC2)c(F)c1. The summed E-state index contributed by atoms with van der Waals surface area (Å²) in [6.45, 7) is 5.38. The van der Waals surface area contributed by atoms with Crippen LogP contribution < -0.4 is 15.4 Å². The maximum absolute atomic E-state index is 14.3. The van der Waals surface area contributed by atoms with Crippen LogP contribution >= 0.6 is 11.3 Å². The van der Waals surface area contributed by atoms with Crippen LogP contribution in [0.25, 0.3) is 0 Å². The van der Waals surface area contributed by atoms with Crippen LogP contribution in [0.3, 0.4) is 0 Å². The number of halogens is 1. The largest absolute Gasteiger partial charge is 0.490 e. The number of rotatable bonds is 8. The summed E-state index contributed by atoms with van der Waals surface area (Å²) in [5.41, 5.74) is 0.852. The van der Waals surface area contributed by atoms with Crippen molar-refractivity contribution in [2.75, 3.05) is 20.2 Å². The quantitative estimate of drug-likeness (QED) is 0.531. The number of aliphatic imine (C=N–C) groups is 1. The topological polar surface area (TPSA) is 58.5 Å². The molecule has 1 aliphatic carbocycles. The van der Waals surface area contributed by atoms with E-state index in [1.807, 2.05) is 19.2 Å². The van der Waals surface area contributed by atoms with Gasteiger partial charge in [-0.3, -0.25) is 4.99 Å². The van der Waals surface area contributed by atoms with Crippen LogP contribution in [-0.2, 0) is 6.42 Å². The molecule has 5 nitrogen and oxygen atoms in total. The maximum Gasteiger partial charge on any atom is 0.191 e. The zero-order valence-electron chi connectivity index (χ0n) is 16.1. The van der Waals surface area contributed by atoms with Crippen molar-refractivity contribution in [3.63, 3.8) is 0 Å². The van der Waals surface area contributed by atoms with Crippen LogP contribution in [0.5, 0.6) is 5.75 Å². The molecule has 1 saturated carbocycles. The summed E-state index contributed by atoms with van der Waals surface area (Å²) in [6.07, 6.45) is 5.11. The van der Waals surface area contributed by atoms with Crippen molar-refractivity contribution in [3.05, 3.63) is 45.7 Å². The minimum Gasteiger partial charge on any atom is -0.490 e. The van der Waals surface area contributed by atoms with Crippen LogP contribution in [0.4, 0.5) is 4.39 Å². The Morgan fingerprint density at radius 1 is 1.44 bits per heavy atom. The van der Waals surface area contributed by atoms with E-state index in [-0.39, 0.29) is 11.9 Å². The van der Waals surface area contributed by atoms with Crippen molar-refractivity contribution >= 4 is 17.3 Å². The zero-order valence-corrected chi connectivity index (χ0v) is 16.9. The molecule has 0 bridgehead atoms. The van der Waals surface area contributed by atoms with Gasteiger partial charge in [0.2, 0.25) is 0 Å².